The van der Waals surface area contributed by atoms with Crippen LogP contribution < -0.4 is 0 Å². The summed E-state index contributed by atoms with van der Waals surface area (Å²) in [6.45, 7) is 14.7. The molecule has 1 saturated heterocycles. The van der Waals surface area contributed by atoms with Crippen LogP contribution in [-0.2, 0) is 10.8 Å². The zero-order chi connectivity index (χ0) is 21.0. The van der Waals surface area contributed by atoms with Gasteiger partial charge < -0.3 is 4.90 Å². The van der Waals surface area contributed by atoms with Crippen LogP contribution in [0.15, 0.2) is 24.4 Å². The molecule has 5 heteroatoms. The van der Waals surface area contributed by atoms with Crippen molar-refractivity contribution in [2.24, 2.45) is 0 Å². The van der Waals surface area contributed by atoms with Gasteiger partial charge in [0.15, 0.2) is 0 Å². The van der Waals surface area contributed by atoms with Crippen LogP contribution >= 0.6 is 0 Å². The van der Waals surface area contributed by atoms with Crippen LogP contribution in [0.3, 0.4) is 0 Å². The van der Waals surface area contributed by atoms with Gasteiger partial charge in [0.05, 0.1) is 11.7 Å². The second-order valence-corrected chi connectivity index (χ2v) is 10.9. The molecule has 1 aromatic heterocycles. The highest BCUT2D eigenvalue weighted by Gasteiger charge is 2.32. The Hall–Kier alpha value is -2.17. The van der Waals surface area contributed by atoms with E-state index < -0.39 is 0 Å². The molecule has 2 fully saturated rings. The zero-order valence-electron chi connectivity index (χ0n) is 18.7. The predicted molar refractivity (Wildman–Crippen MR) is 115 cm³/mol. The van der Waals surface area contributed by atoms with Crippen molar-refractivity contribution >= 4 is 5.91 Å². The number of carbonyl (C=O) groups excluding carboxylic acids is 1. The minimum atomic E-state index is 0.00375. The molecule has 4 rings (SSSR count). The first-order chi connectivity index (χ1) is 13.5. The summed E-state index contributed by atoms with van der Waals surface area (Å²) in [5, 5.41) is 8.69. The number of hydrogen-bond donors (Lipinski definition) is 0. The third kappa shape index (κ3) is 4.24. The van der Waals surface area contributed by atoms with Crippen LogP contribution in [-0.4, -0.2) is 38.9 Å². The maximum atomic E-state index is 13.4. The SMILES string of the molecule is CC(C)(C)c1cc(C(=O)N2CCC(n3cc(C4CC4)nn3)C2)cc(C(C)(C)C)c1. The van der Waals surface area contributed by atoms with Crippen molar-refractivity contribution in [2.75, 3.05) is 13.1 Å². The van der Waals surface area contributed by atoms with Gasteiger partial charge in [-0.1, -0.05) is 52.8 Å². The number of carbonyl (C=O) groups is 1. The highest BCUT2D eigenvalue weighted by molar-refractivity contribution is 5.95. The molecule has 0 bridgehead atoms. The van der Waals surface area contributed by atoms with Gasteiger partial charge in [-0.15, -0.1) is 5.10 Å². The van der Waals surface area contributed by atoms with E-state index in [0.29, 0.717) is 12.5 Å². The standard InChI is InChI=1S/C24H34N4O/c1-23(2,3)18-11-17(12-19(13-18)24(4,5)6)22(29)27-10-9-20(14-27)28-15-21(25-26-28)16-7-8-16/h11-13,15-16,20H,7-10,14H2,1-6H3. The summed E-state index contributed by atoms with van der Waals surface area (Å²) in [5.41, 5.74) is 4.36. The molecule has 1 atom stereocenters. The van der Waals surface area contributed by atoms with E-state index in [-0.39, 0.29) is 22.8 Å². The van der Waals surface area contributed by atoms with Gasteiger partial charge in [-0.3, -0.25) is 4.79 Å². The molecule has 29 heavy (non-hydrogen) atoms. The number of likely N-dealkylation sites (tertiary alicyclic amines) is 1. The van der Waals surface area contributed by atoms with Crippen molar-refractivity contribution in [1.29, 1.82) is 0 Å². The number of hydrogen-bond acceptors (Lipinski definition) is 3. The molecule has 0 radical (unpaired) electrons. The van der Waals surface area contributed by atoms with Crippen LogP contribution in [0.5, 0.6) is 0 Å². The first-order valence-electron chi connectivity index (χ1n) is 10.9. The summed E-state index contributed by atoms with van der Waals surface area (Å²) in [5.74, 6) is 0.741. The first-order valence-corrected chi connectivity index (χ1v) is 10.9. The Morgan fingerprint density at radius 3 is 2.14 bits per heavy atom. The third-order valence-electron chi connectivity index (χ3n) is 6.26. The van der Waals surface area contributed by atoms with Crippen LogP contribution in [0, 0.1) is 0 Å². The predicted octanol–water partition coefficient (Wildman–Crippen LogP) is 4.84. The van der Waals surface area contributed by atoms with Crippen LogP contribution in [0.4, 0.5) is 0 Å². The van der Waals surface area contributed by atoms with Crippen LogP contribution in [0.1, 0.15) is 99.9 Å². The molecule has 2 heterocycles. The molecule has 1 saturated carbocycles. The highest BCUT2D eigenvalue weighted by atomic mass is 16.2. The Morgan fingerprint density at radius 2 is 1.59 bits per heavy atom. The molecule has 156 valence electrons. The lowest BCUT2D eigenvalue weighted by atomic mass is 9.79. The molecule has 5 nitrogen and oxygen atoms in total. The van der Waals surface area contributed by atoms with Crippen molar-refractivity contribution in [3.8, 4) is 0 Å². The van der Waals surface area contributed by atoms with Gasteiger partial charge in [0.1, 0.15) is 0 Å². The topological polar surface area (TPSA) is 51.0 Å². The van der Waals surface area contributed by atoms with Gasteiger partial charge in [0.25, 0.3) is 5.91 Å². The number of benzene rings is 1. The van der Waals surface area contributed by atoms with Crippen LogP contribution in [0.2, 0.25) is 0 Å². The van der Waals surface area contributed by atoms with Gasteiger partial charge >= 0.3 is 0 Å². The molecule has 2 aromatic rings. The number of aromatic nitrogens is 3. The van der Waals surface area contributed by atoms with Crippen molar-refractivity contribution in [1.82, 2.24) is 19.9 Å². The van der Waals surface area contributed by atoms with Crippen molar-refractivity contribution < 1.29 is 4.79 Å². The lowest BCUT2D eigenvalue weighted by molar-refractivity contribution is 0.0786. The fraction of sp³-hybridized carbons (Fsp3) is 0.625. The fourth-order valence-electron chi connectivity index (χ4n) is 3.98. The highest BCUT2D eigenvalue weighted by Crippen LogP contribution is 2.39. The summed E-state index contributed by atoms with van der Waals surface area (Å²) in [6, 6.07) is 6.67. The third-order valence-corrected chi connectivity index (χ3v) is 6.26. The lowest BCUT2D eigenvalue weighted by Crippen LogP contribution is -2.30. The van der Waals surface area contributed by atoms with Gasteiger partial charge in [0, 0.05) is 30.8 Å². The number of rotatable bonds is 3. The molecule has 2 aliphatic rings. The van der Waals surface area contributed by atoms with E-state index >= 15 is 0 Å². The molecular weight excluding hydrogens is 360 g/mol. The molecule has 1 amide bonds. The van der Waals surface area contributed by atoms with E-state index in [1.807, 2.05) is 9.58 Å². The van der Waals surface area contributed by atoms with E-state index in [4.69, 9.17) is 0 Å². The van der Waals surface area contributed by atoms with E-state index in [1.54, 1.807) is 0 Å². The van der Waals surface area contributed by atoms with Gasteiger partial charge in [-0.05, 0) is 53.4 Å². The maximum Gasteiger partial charge on any atom is 0.253 e. The molecule has 1 unspecified atom stereocenters. The van der Waals surface area contributed by atoms with Crippen LogP contribution in [0.25, 0.3) is 0 Å². The van der Waals surface area contributed by atoms with Gasteiger partial charge in [-0.25, -0.2) is 4.68 Å². The minimum absolute atomic E-state index is 0.00375. The average molecular weight is 395 g/mol. The molecule has 1 aliphatic heterocycles. The van der Waals surface area contributed by atoms with E-state index in [0.717, 1.165) is 24.2 Å². The van der Waals surface area contributed by atoms with Crippen molar-refractivity contribution in [2.45, 2.75) is 83.6 Å². The largest absolute Gasteiger partial charge is 0.336 e. The maximum absolute atomic E-state index is 13.4. The molecule has 0 spiro atoms. The summed E-state index contributed by atoms with van der Waals surface area (Å²) < 4.78 is 1.98. The summed E-state index contributed by atoms with van der Waals surface area (Å²) in [7, 11) is 0. The molecule has 0 N–H and O–H groups in total. The summed E-state index contributed by atoms with van der Waals surface area (Å²) >= 11 is 0. The van der Waals surface area contributed by atoms with E-state index in [1.165, 1.54) is 24.0 Å². The Balaban J connectivity index is 1.55. The number of nitrogens with zero attached hydrogens (tertiary/aromatic N) is 4. The molecular formula is C24H34N4O. The second kappa shape index (κ2) is 6.96. The Kier molecular flexibility index (Phi) is 4.83. The molecule has 1 aliphatic carbocycles. The fourth-order valence-corrected chi connectivity index (χ4v) is 3.98. The van der Waals surface area contributed by atoms with Gasteiger partial charge in [-0.2, -0.15) is 0 Å². The van der Waals surface area contributed by atoms with E-state index in [9.17, 15) is 4.79 Å². The Bertz CT molecular complexity index is 879. The lowest BCUT2D eigenvalue weighted by Gasteiger charge is -2.27. The monoisotopic (exact) mass is 394 g/mol. The smallest absolute Gasteiger partial charge is 0.253 e. The average Bonchev–Trinajstić information content (AvgIpc) is 3.17. The summed E-state index contributed by atoms with van der Waals surface area (Å²) in [6.07, 6.45) is 5.49. The Labute approximate surface area is 174 Å². The quantitative estimate of drug-likeness (QED) is 0.749. The summed E-state index contributed by atoms with van der Waals surface area (Å²) in [4.78, 5) is 15.4. The van der Waals surface area contributed by atoms with E-state index in [2.05, 4.69) is 76.3 Å². The van der Waals surface area contributed by atoms with Gasteiger partial charge in [0.2, 0.25) is 0 Å². The first kappa shape index (κ1) is 20.1. The Morgan fingerprint density at radius 1 is 0.966 bits per heavy atom. The van der Waals surface area contributed by atoms with Crippen molar-refractivity contribution in [3.05, 3.63) is 46.8 Å². The molecule has 1 aromatic carbocycles. The normalized spacial score (nSPS) is 20.3. The second-order valence-electron chi connectivity index (χ2n) is 10.9. The van der Waals surface area contributed by atoms with Crippen molar-refractivity contribution in [3.63, 3.8) is 0 Å². The minimum Gasteiger partial charge on any atom is -0.336 e. The zero-order valence-corrected chi connectivity index (χ0v) is 18.7. The number of amides is 1.